The molecule has 0 spiro atoms. The minimum Gasteiger partial charge on any atom is -0.324 e. The number of pyridine rings is 1. The molecule has 9 heteroatoms. The Kier molecular flexibility index (Phi) is 7.99. The standard InChI is InChI=1S/C30H34N6O3/c1-4-20-5-11-24(12-6-20)36-18-26(29(38)35-39-19(2)3)27(37)25-17-32-30(34-28(25)36)33-23-9-7-21(8-10-23)22-13-15-31-16-14-22/h5-12,17-19,22,31H,4,13-16H2,1-3H3,(H,35,38)(H,32,33,34). The van der Waals surface area contributed by atoms with Gasteiger partial charge in [-0.05, 0) is 87.5 Å². The Morgan fingerprint density at radius 2 is 1.82 bits per heavy atom. The topological polar surface area (TPSA) is 110 Å². The van der Waals surface area contributed by atoms with Gasteiger partial charge in [-0.15, -0.1) is 0 Å². The summed E-state index contributed by atoms with van der Waals surface area (Å²) in [4.78, 5) is 40.5. The maximum Gasteiger partial charge on any atom is 0.280 e. The number of piperidine rings is 1. The van der Waals surface area contributed by atoms with Gasteiger partial charge < -0.3 is 15.2 Å². The maximum atomic E-state index is 13.3. The average Bonchev–Trinajstić information content (AvgIpc) is 2.97. The first-order chi connectivity index (χ1) is 18.9. The normalized spacial score (nSPS) is 14.1. The van der Waals surface area contributed by atoms with E-state index in [-0.39, 0.29) is 17.1 Å². The number of nitrogens with one attached hydrogen (secondary N) is 3. The fourth-order valence-electron chi connectivity index (χ4n) is 4.77. The molecular weight excluding hydrogens is 492 g/mol. The van der Waals surface area contributed by atoms with E-state index in [1.54, 1.807) is 18.4 Å². The summed E-state index contributed by atoms with van der Waals surface area (Å²) in [6.45, 7) is 7.76. The van der Waals surface area contributed by atoms with E-state index in [4.69, 9.17) is 9.82 Å². The zero-order chi connectivity index (χ0) is 27.4. The van der Waals surface area contributed by atoms with E-state index in [0.29, 0.717) is 17.5 Å². The SMILES string of the molecule is CCc1ccc(-n2cc(C(=O)NOC(C)C)c(=O)c3cnc(Nc4ccc(C5CCNCC5)cc4)nc32)cc1. The molecule has 0 saturated carbocycles. The van der Waals surface area contributed by atoms with Crippen LogP contribution in [0.2, 0.25) is 0 Å². The highest BCUT2D eigenvalue weighted by Gasteiger charge is 2.19. The highest BCUT2D eigenvalue weighted by atomic mass is 16.7. The number of rotatable bonds is 8. The molecule has 4 aromatic rings. The molecule has 0 atom stereocenters. The molecule has 39 heavy (non-hydrogen) atoms. The molecule has 2 aromatic heterocycles. The summed E-state index contributed by atoms with van der Waals surface area (Å²) in [7, 11) is 0. The lowest BCUT2D eigenvalue weighted by Crippen LogP contribution is -2.32. The Hall–Kier alpha value is -4.08. The first kappa shape index (κ1) is 26.5. The van der Waals surface area contributed by atoms with Crippen LogP contribution in [0, 0.1) is 0 Å². The number of aryl methyl sites for hydroxylation is 1. The van der Waals surface area contributed by atoms with Gasteiger partial charge in [0.05, 0.1) is 11.5 Å². The van der Waals surface area contributed by atoms with Gasteiger partial charge in [0.15, 0.2) is 5.65 Å². The summed E-state index contributed by atoms with van der Waals surface area (Å²) < 4.78 is 1.74. The van der Waals surface area contributed by atoms with Gasteiger partial charge in [-0.3, -0.25) is 14.4 Å². The number of amides is 1. The highest BCUT2D eigenvalue weighted by Crippen LogP contribution is 2.27. The van der Waals surface area contributed by atoms with Gasteiger partial charge in [-0.2, -0.15) is 4.98 Å². The predicted octanol–water partition coefficient (Wildman–Crippen LogP) is 4.62. The van der Waals surface area contributed by atoms with Gasteiger partial charge in [0, 0.05) is 23.8 Å². The number of hydroxylamine groups is 1. The van der Waals surface area contributed by atoms with Crippen molar-refractivity contribution in [3.8, 4) is 5.69 Å². The van der Waals surface area contributed by atoms with Crippen LogP contribution in [0.1, 0.15) is 61.0 Å². The van der Waals surface area contributed by atoms with Gasteiger partial charge >= 0.3 is 0 Å². The van der Waals surface area contributed by atoms with Gasteiger partial charge in [-0.25, -0.2) is 10.5 Å². The maximum absolute atomic E-state index is 13.3. The summed E-state index contributed by atoms with van der Waals surface area (Å²) in [6.07, 6.45) is 5.92. The second-order valence-corrected chi connectivity index (χ2v) is 10.1. The van der Waals surface area contributed by atoms with E-state index < -0.39 is 11.3 Å². The number of benzene rings is 2. The lowest BCUT2D eigenvalue weighted by Gasteiger charge is -2.23. The Balaban J connectivity index is 1.51. The van der Waals surface area contributed by atoms with Crippen molar-refractivity contribution in [2.24, 2.45) is 0 Å². The lowest BCUT2D eigenvalue weighted by molar-refractivity contribution is 0.0000943. The minimum atomic E-state index is -0.620. The molecule has 202 valence electrons. The zero-order valence-corrected chi connectivity index (χ0v) is 22.5. The van der Waals surface area contributed by atoms with Crippen LogP contribution in [-0.4, -0.2) is 39.6 Å². The minimum absolute atomic E-state index is 0.0551. The molecule has 1 aliphatic rings. The van der Waals surface area contributed by atoms with Crippen molar-refractivity contribution in [1.29, 1.82) is 0 Å². The van der Waals surface area contributed by atoms with E-state index in [9.17, 15) is 9.59 Å². The molecule has 3 heterocycles. The Bertz CT molecular complexity index is 1510. The first-order valence-electron chi connectivity index (χ1n) is 13.5. The van der Waals surface area contributed by atoms with E-state index in [2.05, 4.69) is 40.2 Å². The number of carbonyl (C=O) groups excluding carboxylic acids is 1. The van der Waals surface area contributed by atoms with Gasteiger partial charge in [-0.1, -0.05) is 31.2 Å². The van der Waals surface area contributed by atoms with Crippen molar-refractivity contribution < 1.29 is 9.63 Å². The highest BCUT2D eigenvalue weighted by molar-refractivity contribution is 5.96. The molecule has 0 radical (unpaired) electrons. The number of nitrogens with zero attached hydrogens (tertiary/aromatic N) is 3. The quantitative estimate of drug-likeness (QED) is 0.287. The fraction of sp³-hybridized carbons (Fsp3) is 0.333. The summed E-state index contributed by atoms with van der Waals surface area (Å²) in [5.74, 6) is 0.310. The van der Waals surface area contributed by atoms with Crippen molar-refractivity contribution in [2.75, 3.05) is 18.4 Å². The van der Waals surface area contributed by atoms with Crippen LogP contribution >= 0.6 is 0 Å². The molecule has 1 saturated heterocycles. The predicted molar refractivity (Wildman–Crippen MR) is 153 cm³/mol. The summed E-state index contributed by atoms with van der Waals surface area (Å²) in [5, 5.41) is 6.91. The third-order valence-corrected chi connectivity index (χ3v) is 6.98. The fourth-order valence-corrected chi connectivity index (χ4v) is 4.77. The summed E-state index contributed by atoms with van der Waals surface area (Å²) in [6, 6.07) is 16.3. The molecule has 1 amide bonds. The van der Waals surface area contributed by atoms with Gasteiger partial charge in [0.1, 0.15) is 5.56 Å². The first-order valence-corrected chi connectivity index (χ1v) is 13.5. The van der Waals surface area contributed by atoms with Gasteiger partial charge in [0.25, 0.3) is 5.91 Å². The lowest BCUT2D eigenvalue weighted by atomic mass is 9.90. The Morgan fingerprint density at radius 3 is 2.49 bits per heavy atom. The van der Waals surface area contributed by atoms with Crippen LogP contribution in [0.4, 0.5) is 11.6 Å². The molecule has 0 unspecified atom stereocenters. The van der Waals surface area contributed by atoms with E-state index >= 15 is 0 Å². The van der Waals surface area contributed by atoms with E-state index in [1.807, 2.05) is 36.4 Å². The number of aromatic nitrogens is 3. The van der Waals surface area contributed by atoms with Crippen LogP contribution in [0.5, 0.6) is 0 Å². The van der Waals surface area contributed by atoms with Crippen molar-refractivity contribution >= 4 is 28.6 Å². The second kappa shape index (κ2) is 11.8. The van der Waals surface area contributed by atoms with Crippen LogP contribution in [0.3, 0.4) is 0 Å². The summed E-state index contributed by atoms with van der Waals surface area (Å²) in [5.41, 5.74) is 6.38. The monoisotopic (exact) mass is 526 g/mol. The molecule has 1 aliphatic heterocycles. The smallest absolute Gasteiger partial charge is 0.280 e. The Morgan fingerprint density at radius 1 is 1.10 bits per heavy atom. The van der Waals surface area contributed by atoms with E-state index in [0.717, 1.165) is 43.7 Å². The number of hydrogen-bond acceptors (Lipinski definition) is 7. The number of hydrogen-bond donors (Lipinski definition) is 3. The Labute approximate surface area is 227 Å². The van der Waals surface area contributed by atoms with Crippen LogP contribution in [0.15, 0.2) is 65.7 Å². The van der Waals surface area contributed by atoms with Crippen molar-refractivity contribution in [3.05, 3.63) is 87.8 Å². The van der Waals surface area contributed by atoms with Crippen LogP contribution in [-0.2, 0) is 11.3 Å². The largest absolute Gasteiger partial charge is 0.324 e. The van der Waals surface area contributed by atoms with Crippen molar-refractivity contribution in [3.63, 3.8) is 0 Å². The van der Waals surface area contributed by atoms with Crippen molar-refractivity contribution in [1.82, 2.24) is 25.3 Å². The molecule has 9 nitrogen and oxygen atoms in total. The molecule has 5 rings (SSSR count). The van der Waals surface area contributed by atoms with Gasteiger partial charge in [0.2, 0.25) is 11.4 Å². The summed E-state index contributed by atoms with van der Waals surface area (Å²) >= 11 is 0. The molecule has 0 aliphatic carbocycles. The third kappa shape index (κ3) is 6.00. The number of carbonyl (C=O) groups is 1. The van der Waals surface area contributed by atoms with E-state index in [1.165, 1.54) is 23.5 Å². The molecule has 2 aromatic carbocycles. The second-order valence-electron chi connectivity index (χ2n) is 10.1. The van der Waals surface area contributed by atoms with Crippen LogP contribution < -0.4 is 21.5 Å². The number of fused-ring (bicyclic) bond motifs is 1. The molecule has 1 fully saturated rings. The zero-order valence-electron chi connectivity index (χ0n) is 22.5. The molecule has 0 bridgehead atoms. The number of anilines is 2. The molecule has 3 N–H and O–H groups in total. The third-order valence-electron chi connectivity index (χ3n) is 6.98. The van der Waals surface area contributed by atoms with Crippen LogP contribution in [0.25, 0.3) is 16.7 Å². The average molecular weight is 527 g/mol. The van der Waals surface area contributed by atoms with Crippen molar-refractivity contribution in [2.45, 2.75) is 52.1 Å². The molecular formula is C30H34N6O3.